The number of anilines is 1. The Hall–Kier alpha value is -1.88. The first-order valence-corrected chi connectivity index (χ1v) is 5.40. The molecule has 2 N–H and O–H groups in total. The van der Waals surface area contributed by atoms with Crippen LogP contribution in [0, 0.1) is 13.8 Å². The second-order valence-electron chi connectivity index (χ2n) is 3.66. The van der Waals surface area contributed by atoms with Crippen molar-refractivity contribution in [2.24, 2.45) is 0 Å². The Balaban J connectivity index is 2.15. The first-order chi connectivity index (χ1) is 8.06. The third-order valence-electron chi connectivity index (χ3n) is 2.23. The quantitative estimate of drug-likeness (QED) is 0.859. The summed E-state index contributed by atoms with van der Waals surface area (Å²) >= 11 is 5.96. The standard InChI is InChI=1S/C11H11ClN4O/c1-6-3-4-8(5-9(6)12)14-11(17)10-13-7(2)15-16-10/h3-5H,1-2H3,(H,14,17)(H,13,15,16). The van der Waals surface area contributed by atoms with Gasteiger partial charge in [-0.2, -0.15) is 0 Å². The van der Waals surface area contributed by atoms with Gasteiger partial charge in [0.1, 0.15) is 5.82 Å². The fourth-order valence-electron chi connectivity index (χ4n) is 1.30. The lowest BCUT2D eigenvalue weighted by Gasteiger charge is -2.04. The van der Waals surface area contributed by atoms with Crippen LogP contribution < -0.4 is 5.32 Å². The molecule has 6 heteroatoms. The van der Waals surface area contributed by atoms with E-state index in [1.54, 1.807) is 19.1 Å². The topological polar surface area (TPSA) is 70.7 Å². The minimum Gasteiger partial charge on any atom is -0.319 e. The molecule has 0 bridgehead atoms. The van der Waals surface area contributed by atoms with Crippen LogP contribution in [-0.2, 0) is 0 Å². The summed E-state index contributed by atoms with van der Waals surface area (Å²) in [5, 5.41) is 9.66. The van der Waals surface area contributed by atoms with Crippen molar-refractivity contribution in [3.05, 3.63) is 40.4 Å². The number of amides is 1. The number of aryl methyl sites for hydroxylation is 2. The average Bonchev–Trinajstić information content (AvgIpc) is 2.70. The van der Waals surface area contributed by atoms with Gasteiger partial charge in [-0.25, -0.2) is 4.98 Å². The summed E-state index contributed by atoms with van der Waals surface area (Å²) in [6.45, 7) is 3.62. The van der Waals surface area contributed by atoms with Crippen LogP contribution in [0.25, 0.3) is 0 Å². The highest BCUT2D eigenvalue weighted by Crippen LogP contribution is 2.20. The van der Waals surface area contributed by atoms with E-state index in [2.05, 4.69) is 20.5 Å². The molecule has 0 fully saturated rings. The van der Waals surface area contributed by atoms with Gasteiger partial charge in [-0.15, -0.1) is 5.10 Å². The SMILES string of the molecule is Cc1nc(C(=O)Nc2ccc(C)c(Cl)c2)n[nH]1. The number of nitrogens with one attached hydrogen (secondary N) is 2. The number of aromatic amines is 1. The molecular formula is C11H11ClN4O. The van der Waals surface area contributed by atoms with E-state index in [0.717, 1.165) is 5.56 Å². The first kappa shape index (κ1) is 11.6. The molecule has 2 rings (SSSR count). The Morgan fingerprint density at radius 2 is 2.18 bits per heavy atom. The molecule has 0 unspecified atom stereocenters. The van der Waals surface area contributed by atoms with Crippen molar-refractivity contribution in [1.29, 1.82) is 0 Å². The zero-order valence-corrected chi connectivity index (χ0v) is 10.2. The van der Waals surface area contributed by atoms with Crippen molar-refractivity contribution in [2.45, 2.75) is 13.8 Å². The van der Waals surface area contributed by atoms with Crippen LogP contribution in [-0.4, -0.2) is 21.1 Å². The monoisotopic (exact) mass is 250 g/mol. The van der Waals surface area contributed by atoms with Gasteiger partial charge in [0.15, 0.2) is 0 Å². The molecule has 0 spiro atoms. The largest absolute Gasteiger partial charge is 0.319 e. The number of halogens is 1. The highest BCUT2D eigenvalue weighted by Gasteiger charge is 2.11. The zero-order chi connectivity index (χ0) is 12.4. The van der Waals surface area contributed by atoms with Crippen LogP contribution in [0.2, 0.25) is 5.02 Å². The molecule has 1 amide bonds. The van der Waals surface area contributed by atoms with Gasteiger partial charge in [0, 0.05) is 10.7 Å². The maximum Gasteiger partial charge on any atom is 0.295 e. The summed E-state index contributed by atoms with van der Waals surface area (Å²) in [7, 11) is 0. The molecule has 1 heterocycles. The number of carbonyl (C=O) groups excluding carboxylic acids is 1. The molecule has 0 saturated heterocycles. The van der Waals surface area contributed by atoms with Gasteiger partial charge in [-0.05, 0) is 31.5 Å². The van der Waals surface area contributed by atoms with Crippen LogP contribution in [0.5, 0.6) is 0 Å². The summed E-state index contributed by atoms with van der Waals surface area (Å²) in [5.41, 5.74) is 1.58. The first-order valence-electron chi connectivity index (χ1n) is 5.03. The van der Waals surface area contributed by atoms with Crippen LogP contribution in [0.1, 0.15) is 22.0 Å². The number of H-pyrrole nitrogens is 1. The predicted octanol–water partition coefficient (Wildman–Crippen LogP) is 2.33. The maximum absolute atomic E-state index is 11.7. The smallest absolute Gasteiger partial charge is 0.295 e. The number of hydrogen-bond donors (Lipinski definition) is 2. The lowest BCUT2D eigenvalue weighted by molar-refractivity contribution is 0.101. The van der Waals surface area contributed by atoms with Gasteiger partial charge in [0.2, 0.25) is 5.82 Å². The van der Waals surface area contributed by atoms with E-state index in [0.29, 0.717) is 16.5 Å². The van der Waals surface area contributed by atoms with E-state index in [9.17, 15) is 4.79 Å². The number of benzene rings is 1. The molecule has 0 aliphatic heterocycles. The molecule has 88 valence electrons. The lowest BCUT2D eigenvalue weighted by Crippen LogP contribution is -2.13. The number of rotatable bonds is 2. The minimum absolute atomic E-state index is 0.110. The molecule has 0 aliphatic rings. The fraction of sp³-hybridized carbons (Fsp3) is 0.182. The molecule has 1 aromatic heterocycles. The van der Waals surface area contributed by atoms with Crippen LogP contribution >= 0.6 is 11.6 Å². The summed E-state index contributed by atoms with van der Waals surface area (Å²) in [4.78, 5) is 15.7. The van der Waals surface area contributed by atoms with Crippen molar-refractivity contribution >= 4 is 23.2 Å². The summed E-state index contributed by atoms with van der Waals surface area (Å²) in [6.07, 6.45) is 0. The van der Waals surface area contributed by atoms with E-state index in [1.165, 1.54) is 0 Å². The van der Waals surface area contributed by atoms with E-state index < -0.39 is 0 Å². The summed E-state index contributed by atoms with van der Waals surface area (Å²) in [5.74, 6) is 0.338. The highest BCUT2D eigenvalue weighted by molar-refractivity contribution is 6.31. The Kier molecular flexibility index (Phi) is 3.10. The molecule has 0 saturated carbocycles. The Labute approximate surface area is 103 Å². The molecule has 0 radical (unpaired) electrons. The molecule has 5 nitrogen and oxygen atoms in total. The van der Waals surface area contributed by atoms with Gasteiger partial charge in [-0.1, -0.05) is 17.7 Å². The fourth-order valence-corrected chi connectivity index (χ4v) is 1.48. The lowest BCUT2D eigenvalue weighted by atomic mass is 10.2. The number of aromatic nitrogens is 3. The average molecular weight is 251 g/mol. The Morgan fingerprint density at radius 3 is 2.76 bits per heavy atom. The molecule has 0 aliphatic carbocycles. The van der Waals surface area contributed by atoms with E-state index >= 15 is 0 Å². The van der Waals surface area contributed by atoms with Gasteiger partial charge in [0.05, 0.1) is 0 Å². The van der Waals surface area contributed by atoms with Crippen molar-refractivity contribution in [1.82, 2.24) is 15.2 Å². The van der Waals surface area contributed by atoms with Gasteiger partial charge in [-0.3, -0.25) is 9.89 Å². The van der Waals surface area contributed by atoms with Crippen molar-refractivity contribution in [3.8, 4) is 0 Å². The molecule has 2 aromatic rings. The maximum atomic E-state index is 11.7. The van der Waals surface area contributed by atoms with Crippen molar-refractivity contribution in [2.75, 3.05) is 5.32 Å². The number of hydrogen-bond acceptors (Lipinski definition) is 3. The minimum atomic E-state index is -0.366. The van der Waals surface area contributed by atoms with E-state index in [-0.39, 0.29) is 11.7 Å². The van der Waals surface area contributed by atoms with Gasteiger partial charge < -0.3 is 5.32 Å². The Morgan fingerprint density at radius 1 is 1.41 bits per heavy atom. The molecular weight excluding hydrogens is 240 g/mol. The second kappa shape index (κ2) is 4.55. The summed E-state index contributed by atoms with van der Waals surface area (Å²) < 4.78 is 0. The van der Waals surface area contributed by atoms with Crippen LogP contribution in [0.3, 0.4) is 0 Å². The highest BCUT2D eigenvalue weighted by atomic mass is 35.5. The number of nitrogens with zero attached hydrogens (tertiary/aromatic N) is 2. The second-order valence-corrected chi connectivity index (χ2v) is 4.07. The molecule has 17 heavy (non-hydrogen) atoms. The molecule has 1 aromatic carbocycles. The van der Waals surface area contributed by atoms with E-state index in [4.69, 9.17) is 11.6 Å². The van der Waals surface area contributed by atoms with Crippen molar-refractivity contribution < 1.29 is 4.79 Å². The predicted molar refractivity (Wildman–Crippen MR) is 65.3 cm³/mol. The Bertz CT molecular complexity index is 564. The van der Waals surface area contributed by atoms with E-state index in [1.807, 2.05) is 13.0 Å². The van der Waals surface area contributed by atoms with Crippen LogP contribution in [0.4, 0.5) is 5.69 Å². The van der Waals surface area contributed by atoms with Crippen LogP contribution in [0.15, 0.2) is 18.2 Å². The van der Waals surface area contributed by atoms with Crippen molar-refractivity contribution in [3.63, 3.8) is 0 Å². The molecule has 0 atom stereocenters. The zero-order valence-electron chi connectivity index (χ0n) is 9.41. The van der Waals surface area contributed by atoms with Gasteiger partial charge in [0.25, 0.3) is 5.91 Å². The number of carbonyl (C=O) groups is 1. The normalized spacial score (nSPS) is 10.3. The summed E-state index contributed by atoms with van der Waals surface area (Å²) in [6, 6.07) is 5.30. The third-order valence-corrected chi connectivity index (χ3v) is 2.64. The third kappa shape index (κ3) is 2.62. The van der Waals surface area contributed by atoms with Gasteiger partial charge >= 0.3 is 0 Å².